The van der Waals surface area contributed by atoms with Crippen LogP contribution in [0.3, 0.4) is 0 Å². The van der Waals surface area contributed by atoms with Crippen LogP contribution >= 0.6 is 0 Å². The van der Waals surface area contributed by atoms with Gasteiger partial charge in [0.25, 0.3) is 0 Å². The number of carbonyl (C=O) groups is 3. The van der Waals surface area contributed by atoms with Crippen LogP contribution in [0.4, 0.5) is 0 Å². The Morgan fingerprint density at radius 2 is 1.47 bits per heavy atom. The monoisotopic (exact) mass is 634 g/mol. The van der Waals surface area contributed by atoms with Crippen LogP contribution in [0.2, 0.25) is 0 Å². The van der Waals surface area contributed by atoms with Gasteiger partial charge < -0.3 is 29.5 Å². The third kappa shape index (κ3) is 8.58. The van der Waals surface area contributed by atoms with E-state index in [1.165, 1.54) is 19.3 Å². The molecule has 10 atom stereocenters. The topological polar surface area (TPSA) is 140 Å². The molecule has 256 valence electrons. The highest BCUT2D eigenvalue weighted by Gasteiger charge is 2.63. The van der Waals surface area contributed by atoms with Crippen molar-refractivity contribution in [1.82, 2.24) is 0 Å². The largest absolute Gasteiger partial charge is 0.462 e. The Kier molecular flexibility index (Phi) is 13.3. The van der Waals surface area contributed by atoms with Gasteiger partial charge in [0.15, 0.2) is 0 Å². The number of ether oxygens (including phenoxy) is 3. The first-order chi connectivity index (χ1) is 21.2. The molecule has 4 aliphatic carbocycles. The van der Waals surface area contributed by atoms with Gasteiger partial charge in [-0.3, -0.25) is 4.79 Å². The molecule has 4 fully saturated rings. The Hall–Kier alpha value is -2.23. The summed E-state index contributed by atoms with van der Waals surface area (Å²) in [5.41, 5.74) is 0.827. The highest BCUT2D eigenvalue weighted by molar-refractivity contribution is 5.87. The molecule has 9 nitrogen and oxygen atoms in total. The maximum Gasteiger partial charge on any atom is 0.333 e. The van der Waals surface area contributed by atoms with E-state index in [9.17, 15) is 24.6 Å². The number of rotatable bonds is 11. The van der Waals surface area contributed by atoms with Crippen LogP contribution in [-0.2, 0) is 28.6 Å². The van der Waals surface area contributed by atoms with Gasteiger partial charge in [-0.1, -0.05) is 33.9 Å². The minimum Gasteiger partial charge on any atom is -0.462 e. The van der Waals surface area contributed by atoms with E-state index in [-0.39, 0.29) is 55.4 Å². The van der Waals surface area contributed by atoms with Gasteiger partial charge in [-0.15, -0.1) is 0 Å². The van der Waals surface area contributed by atoms with E-state index in [0.29, 0.717) is 53.1 Å². The SMILES string of the molecule is C=C(C)C(=O)OCCO.C=C(C)C(=O)OCCOC(=O)CCC(C)[C@H]1CCC2C3CC[C@@H]4C[C@H](O)CC[C@]4(C)C3C[C@H](O)[C@@]21C. The molecule has 4 rings (SSSR count). The average molecular weight is 635 g/mol. The molecular weight excluding hydrogens is 576 g/mol. The van der Waals surface area contributed by atoms with E-state index in [0.717, 1.165) is 38.5 Å². The summed E-state index contributed by atoms with van der Waals surface area (Å²) in [6.45, 7) is 17.1. The minimum absolute atomic E-state index is 0.0445. The maximum atomic E-state index is 12.3. The van der Waals surface area contributed by atoms with Crippen LogP contribution in [-0.4, -0.2) is 71.9 Å². The van der Waals surface area contributed by atoms with Gasteiger partial charge in [-0.2, -0.15) is 0 Å². The predicted molar refractivity (Wildman–Crippen MR) is 171 cm³/mol. The summed E-state index contributed by atoms with van der Waals surface area (Å²) in [7, 11) is 0. The predicted octanol–water partition coefficient (Wildman–Crippen LogP) is 5.15. The van der Waals surface area contributed by atoms with Crippen LogP contribution in [0.5, 0.6) is 0 Å². The van der Waals surface area contributed by atoms with Crippen LogP contribution in [0.15, 0.2) is 24.3 Å². The van der Waals surface area contributed by atoms with E-state index in [1.807, 2.05) is 0 Å². The number of aliphatic hydroxyl groups is 3. The third-order valence-electron chi connectivity index (χ3n) is 11.9. The fraction of sp³-hybridized carbons (Fsp3) is 0.806. The first-order valence-electron chi connectivity index (χ1n) is 16.9. The Balaban J connectivity index is 0.000000535. The zero-order chi connectivity index (χ0) is 33.5. The van der Waals surface area contributed by atoms with Gasteiger partial charge >= 0.3 is 17.9 Å². The van der Waals surface area contributed by atoms with Gasteiger partial charge in [0.1, 0.15) is 19.8 Å². The number of aliphatic hydroxyl groups excluding tert-OH is 3. The van der Waals surface area contributed by atoms with Crippen molar-refractivity contribution in [2.75, 3.05) is 26.4 Å². The molecule has 4 saturated carbocycles. The van der Waals surface area contributed by atoms with E-state index in [2.05, 4.69) is 38.7 Å². The van der Waals surface area contributed by atoms with E-state index in [4.69, 9.17) is 14.6 Å². The first kappa shape index (κ1) is 37.2. The summed E-state index contributed by atoms with van der Waals surface area (Å²) in [5.74, 6) is 1.90. The normalized spacial score (nSPS) is 35.7. The zero-order valence-electron chi connectivity index (χ0n) is 28.2. The molecule has 0 spiro atoms. The molecule has 45 heavy (non-hydrogen) atoms. The summed E-state index contributed by atoms with van der Waals surface area (Å²) in [4.78, 5) is 34.2. The second kappa shape index (κ2) is 16.1. The molecule has 0 aliphatic heterocycles. The molecule has 0 aromatic rings. The molecule has 0 saturated heterocycles. The van der Waals surface area contributed by atoms with E-state index < -0.39 is 11.9 Å². The van der Waals surface area contributed by atoms with Crippen molar-refractivity contribution >= 4 is 17.9 Å². The van der Waals surface area contributed by atoms with Crippen LogP contribution in [0.25, 0.3) is 0 Å². The minimum atomic E-state index is -0.472. The van der Waals surface area contributed by atoms with Crippen molar-refractivity contribution in [3.05, 3.63) is 24.3 Å². The fourth-order valence-electron chi connectivity index (χ4n) is 9.45. The fourth-order valence-corrected chi connectivity index (χ4v) is 9.45. The van der Waals surface area contributed by atoms with Gasteiger partial charge in [0.2, 0.25) is 0 Å². The van der Waals surface area contributed by atoms with E-state index in [1.54, 1.807) is 13.8 Å². The summed E-state index contributed by atoms with van der Waals surface area (Å²) < 4.78 is 14.7. The molecular formula is C36H58O9. The zero-order valence-corrected chi connectivity index (χ0v) is 28.2. The molecule has 4 aliphatic rings. The highest BCUT2D eigenvalue weighted by Crippen LogP contribution is 2.68. The van der Waals surface area contributed by atoms with Crippen molar-refractivity contribution in [3.63, 3.8) is 0 Å². The molecule has 9 heteroatoms. The van der Waals surface area contributed by atoms with E-state index >= 15 is 0 Å². The molecule has 4 unspecified atom stereocenters. The average Bonchev–Trinajstić information content (AvgIpc) is 3.36. The summed E-state index contributed by atoms with van der Waals surface area (Å²) in [6.07, 6.45) is 9.18. The number of fused-ring (bicyclic) bond motifs is 5. The molecule has 0 aromatic heterocycles. The summed E-state index contributed by atoms with van der Waals surface area (Å²) in [5, 5.41) is 30.1. The third-order valence-corrected chi connectivity index (χ3v) is 11.9. The lowest BCUT2D eigenvalue weighted by molar-refractivity contribution is -0.175. The van der Waals surface area contributed by atoms with Crippen LogP contribution in [0.1, 0.15) is 98.8 Å². The first-order valence-corrected chi connectivity index (χ1v) is 16.9. The Morgan fingerprint density at radius 3 is 2.09 bits per heavy atom. The molecule has 0 amide bonds. The van der Waals surface area contributed by atoms with Crippen LogP contribution < -0.4 is 0 Å². The van der Waals surface area contributed by atoms with Gasteiger partial charge in [0.05, 0.1) is 18.8 Å². The van der Waals surface area contributed by atoms with Crippen molar-refractivity contribution in [2.45, 2.75) is 111 Å². The summed E-state index contributed by atoms with van der Waals surface area (Å²) in [6, 6.07) is 0. The molecule has 0 heterocycles. The molecule has 0 aromatic carbocycles. The van der Waals surface area contributed by atoms with Gasteiger partial charge in [0, 0.05) is 17.6 Å². The molecule has 0 bridgehead atoms. The van der Waals surface area contributed by atoms with Crippen molar-refractivity contribution in [3.8, 4) is 0 Å². The number of carbonyl (C=O) groups excluding carboxylic acids is 3. The smallest absolute Gasteiger partial charge is 0.333 e. The van der Waals surface area contributed by atoms with Gasteiger partial charge in [-0.25, -0.2) is 9.59 Å². The Labute approximate surface area is 269 Å². The number of esters is 3. The number of hydrogen-bond donors (Lipinski definition) is 3. The molecule has 3 N–H and O–H groups in total. The Bertz CT molecular complexity index is 1070. The quantitative estimate of drug-likeness (QED) is 0.122. The second-order valence-electron chi connectivity index (χ2n) is 14.7. The number of hydrogen-bond acceptors (Lipinski definition) is 9. The second-order valence-corrected chi connectivity index (χ2v) is 14.7. The lowest BCUT2D eigenvalue weighted by Crippen LogP contribution is -2.58. The van der Waals surface area contributed by atoms with Crippen LogP contribution in [0, 0.1) is 46.3 Å². The summed E-state index contributed by atoms with van der Waals surface area (Å²) >= 11 is 0. The lowest BCUT2D eigenvalue weighted by atomic mass is 9.43. The standard InChI is InChI=1S/C30H48O6.C6H10O3/c1-18(2)28(34)36-15-14-35-27(33)11-6-19(3)23-9-10-24-22-8-7-20-16-21(31)12-13-29(20,4)25(22)17-26(32)30(23,24)5;1-5(2)6(8)9-4-3-7/h19-26,31-32H,1,6-17H2,2-5H3;7H,1,3-4H2,2H3/t19?,20-,21-,22?,23-,24?,25?,26+,29+,30-;/m1./s1. The highest BCUT2D eigenvalue weighted by atomic mass is 16.6. The van der Waals surface area contributed by atoms with Crippen molar-refractivity contribution in [2.24, 2.45) is 46.3 Å². The van der Waals surface area contributed by atoms with Gasteiger partial charge in [-0.05, 0) is 118 Å². The molecule has 0 radical (unpaired) electrons. The maximum absolute atomic E-state index is 12.3. The lowest BCUT2D eigenvalue weighted by Gasteiger charge is -2.62. The van der Waals surface area contributed by atoms with Crippen molar-refractivity contribution in [1.29, 1.82) is 0 Å². The Morgan fingerprint density at radius 1 is 0.844 bits per heavy atom. The van der Waals surface area contributed by atoms with Crippen molar-refractivity contribution < 1.29 is 43.9 Å².